The lowest BCUT2D eigenvalue weighted by Gasteiger charge is -2.19. The molecule has 0 spiro atoms. The fraction of sp³-hybridized carbons (Fsp3) is 0.294. The summed E-state index contributed by atoms with van der Waals surface area (Å²) in [6, 6.07) is 17.5. The molecular weight excluding hydrogens is 236 g/mol. The van der Waals surface area contributed by atoms with Crippen LogP contribution in [0.25, 0.3) is 11.1 Å². The summed E-state index contributed by atoms with van der Waals surface area (Å²) in [5.74, 6) is 0. The average molecular weight is 256 g/mol. The van der Waals surface area contributed by atoms with E-state index in [1.54, 1.807) is 11.8 Å². The molecule has 0 aliphatic rings. The molecule has 2 aromatic rings. The van der Waals surface area contributed by atoms with Gasteiger partial charge in [-0.15, -0.1) is 11.8 Å². The van der Waals surface area contributed by atoms with Gasteiger partial charge in [0.15, 0.2) is 0 Å². The van der Waals surface area contributed by atoms with Crippen LogP contribution in [0.2, 0.25) is 0 Å². The first-order chi connectivity index (χ1) is 8.52. The molecule has 0 saturated heterocycles. The predicted molar refractivity (Wildman–Crippen MR) is 82.4 cm³/mol. The minimum absolute atomic E-state index is 0.220. The van der Waals surface area contributed by atoms with Crippen molar-refractivity contribution in [2.45, 2.75) is 31.1 Å². The van der Waals surface area contributed by atoms with E-state index in [9.17, 15) is 0 Å². The highest BCUT2D eigenvalue weighted by Crippen LogP contribution is 2.31. The molecule has 2 aromatic carbocycles. The Balaban J connectivity index is 2.41. The molecule has 0 atom stereocenters. The number of hydrogen-bond donors (Lipinski definition) is 0. The molecule has 2 rings (SSSR count). The van der Waals surface area contributed by atoms with Crippen LogP contribution in [0.1, 0.15) is 26.3 Å². The van der Waals surface area contributed by atoms with Crippen molar-refractivity contribution < 1.29 is 0 Å². The lowest BCUT2D eigenvalue weighted by Crippen LogP contribution is -2.10. The summed E-state index contributed by atoms with van der Waals surface area (Å²) in [6.07, 6.45) is 2.13. The summed E-state index contributed by atoms with van der Waals surface area (Å²) >= 11 is 1.80. The minimum atomic E-state index is 0.220. The normalized spacial score (nSPS) is 11.6. The monoisotopic (exact) mass is 256 g/mol. The van der Waals surface area contributed by atoms with Gasteiger partial charge >= 0.3 is 0 Å². The summed E-state index contributed by atoms with van der Waals surface area (Å²) in [5.41, 5.74) is 4.23. The molecule has 0 radical (unpaired) electrons. The molecule has 0 N–H and O–H groups in total. The quantitative estimate of drug-likeness (QED) is 0.651. The zero-order chi connectivity index (χ0) is 13.2. The fourth-order valence-electron chi connectivity index (χ4n) is 2.03. The highest BCUT2D eigenvalue weighted by atomic mass is 32.2. The number of rotatable bonds is 2. The van der Waals surface area contributed by atoms with E-state index < -0.39 is 0 Å². The Hall–Kier alpha value is -1.21. The molecule has 18 heavy (non-hydrogen) atoms. The summed E-state index contributed by atoms with van der Waals surface area (Å²) < 4.78 is 0. The molecule has 0 unspecified atom stereocenters. The summed E-state index contributed by atoms with van der Waals surface area (Å²) in [6.45, 7) is 6.74. The first-order valence-corrected chi connectivity index (χ1v) is 7.49. The van der Waals surface area contributed by atoms with E-state index >= 15 is 0 Å². The first kappa shape index (κ1) is 13.2. The molecule has 0 heterocycles. The van der Waals surface area contributed by atoms with E-state index in [4.69, 9.17) is 0 Å². The van der Waals surface area contributed by atoms with Crippen molar-refractivity contribution in [3.8, 4) is 11.1 Å². The van der Waals surface area contributed by atoms with E-state index in [1.165, 1.54) is 21.6 Å². The van der Waals surface area contributed by atoms with Gasteiger partial charge in [0.25, 0.3) is 0 Å². The molecule has 0 nitrogen and oxygen atoms in total. The van der Waals surface area contributed by atoms with Crippen molar-refractivity contribution in [1.82, 2.24) is 0 Å². The van der Waals surface area contributed by atoms with Crippen LogP contribution in [0, 0.1) is 0 Å². The molecule has 0 bridgehead atoms. The van der Waals surface area contributed by atoms with Gasteiger partial charge in [-0.2, -0.15) is 0 Å². The molecular formula is C17H20S. The molecule has 0 aliphatic carbocycles. The SMILES string of the molecule is CSc1ccccc1-c1ccc(C(C)(C)C)cc1. The molecule has 0 amide bonds. The highest BCUT2D eigenvalue weighted by molar-refractivity contribution is 7.98. The van der Waals surface area contributed by atoms with Gasteiger partial charge in [-0.1, -0.05) is 63.2 Å². The van der Waals surface area contributed by atoms with Crippen LogP contribution in [0.5, 0.6) is 0 Å². The van der Waals surface area contributed by atoms with Crippen LogP contribution < -0.4 is 0 Å². The van der Waals surface area contributed by atoms with Crippen molar-refractivity contribution in [2.75, 3.05) is 6.26 Å². The van der Waals surface area contributed by atoms with Crippen molar-refractivity contribution in [2.24, 2.45) is 0 Å². The van der Waals surface area contributed by atoms with Crippen LogP contribution in [0.3, 0.4) is 0 Å². The smallest absolute Gasteiger partial charge is 0.0148 e. The third-order valence-electron chi connectivity index (χ3n) is 3.17. The largest absolute Gasteiger partial charge is 0.129 e. The van der Waals surface area contributed by atoms with E-state index in [-0.39, 0.29) is 5.41 Å². The third kappa shape index (κ3) is 2.78. The Morgan fingerprint density at radius 3 is 2.00 bits per heavy atom. The number of benzene rings is 2. The van der Waals surface area contributed by atoms with E-state index in [1.807, 2.05) is 0 Å². The van der Waals surface area contributed by atoms with Crippen LogP contribution in [-0.4, -0.2) is 6.26 Å². The molecule has 1 heteroatoms. The Kier molecular flexibility index (Phi) is 3.82. The van der Waals surface area contributed by atoms with E-state index in [2.05, 4.69) is 75.6 Å². The first-order valence-electron chi connectivity index (χ1n) is 6.26. The summed E-state index contributed by atoms with van der Waals surface area (Å²) in [4.78, 5) is 1.33. The standard InChI is InChI=1S/C17H20S/c1-17(2,3)14-11-9-13(10-12-14)15-7-5-6-8-16(15)18-4/h5-12H,1-4H3. The second-order valence-corrected chi connectivity index (χ2v) is 6.38. The van der Waals surface area contributed by atoms with Gasteiger partial charge in [0.2, 0.25) is 0 Å². The van der Waals surface area contributed by atoms with Crippen LogP contribution >= 0.6 is 11.8 Å². The van der Waals surface area contributed by atoms with E-state index in [0.29, 0.717) is 0 Å². The Morgan fingerprint density at radius 1 is 0.833 bits per heavy atom. The van der Waals surface area contributed by atoms with Gasteiger partial charge in [0, 0.05) is 4.90 Å². The second-order valence-electron chi connectivity index (χ2n) is 5.53. The van der Waals surface area contributed by atoms with Crippen LogP contribution in [0.4, 0.5) is 0 Å². The van der Waals surface area contributed by atoms with Crippen LogP contribution in [0.15, 0.2) is 53.4 Å². The fourth-order valence-corrected chi connectivity index (χ4v) is 2.65. The van der Waals surface area contributed by atoms with Crippen molar-refractivity contribution in [1.29, 1.82) is 0 Å². The lowest BCUT2D eigenvalue weighted by molar-refractivity contribution is 0.590. The van der Waals surface area contributed by atoms with Gasteiger partial charge in [0.05, 0.1) is 0 Å². The van der Waals surface area contributed by atoms with Gasteiger partial charge in [-0.25, -0.2) is 0 Å². The van der Waals surface area contributed by atoms with Crippen molar-refractivity contribution in [3.05, 3.63) is 54.1 Å². The molecule has 0 saturated carbocycles. The zero-order valence-electron chi connectivity index (χ0n) is 11.5. The molecule has 0 aliphatic heterocycles. The van der Waals surface area contributed by atoms with Gasteiger partial charge < -0.3 is 0 Å². The highest BCUT2D eigenvalue weighted by Gasteiger charge is 2.13. The average Bonchev–Trinajstić information content (AvgIpc) is 2.38. The van der Waals surface area contributed by atoms with E-state index in [0.717, 1.165) is 0 Å². The van der Waals surface area contributed by atoms with Gasteiger partial charge in [0.1, 0.15) is 0 Å². The number of hydrogen-bond acceptors (Lipinski definition) is 1. The lowest BCUT2D eigenvalue weighted by atomic mass is 9.86. The predicted octanol–water partition coefficient (Wildman–Crippen LogP) is 5.37. The molecule has 0 aromatic heterocycles. The maximum atomic E-state index is 2.25. The molecule has 94 valence electrons. The number of thioether (sulfide) groups is 1. The third-order valence-corrected chi connectivity index (χ3v) is 3.96. The minimum Gasteiger partial charge on any atom is -0.129 e. The zero-order valence-corrected chi connectivity index (χ0v) is 12.3. The molecule has 0 fully saturated rings. The Labute approximate surface area is 114 Å². The van der Waals surface area contributed by atoms with Gasteiger partial charge in [-0.05, 0) is 34.4 Å². The second kappa shape index (κ2) is 5.19. The summed E-state index contributed by atoms with van der Waals surface area (Å²) in [7, 11) is 0. The van der Waals surface area contributed by atoms with Gasteiger partial charge in [-0.3, -0.25) is 0 Å². The van der Waals surface area contributed by atoms with Crippen LogP contribution in [-0.2, 0) is 5.41 Å². The van der Waals surface area contributed by atoms with Crippen molar-refractivity contribution >= 4 is 11.8 Å². The topological polar surface area (TPSA) is 0 Å². The van der Waals surface area contributed by atoms with Crippen molar-refractivity contribution in [3.63, 3.8) is 0 Å². The maximum Gasteiger partial charge on any atom is 0.0148 e. The Morgan fingerprint density at radius 2 is 1.44 bits per heavy atom. The maximum absolute atomic E-state index is 2.25. The Bertz CT molecular complexity index is 518. The summed E-state index contributed by atoms with van der Waals surface area (Å²) in [5, 5.41) is 0.